The molecule has 114 valence electrons. The Morgan fingerprint density at radius 2 is 2.00 bits per heavy atom. The van der Waals surface area contributed by atoms with E-state index in [1.54, 1.807) is 30.3 Å². The number of nitro groups is 1. The summed E-state index contributed by atoms with van der Waals surface area (Å²) in [5, 5.41) is 13.8. The van der Waals surface area contributed by atoms with Gasteiger partial charge in [-0.2, -0.15) is 0 Å². The fourth-order valence-electron chi connectivity index (χ4n) is 1.83. The molecule has 0 aliphatic heterocycles. The van der Waals surface area contributed by atoms with Crippen LogP contribution in [-0.4, -0.2) is 17.4 Å². The minimum Gasteiger partial charge on any atom is -0.484 e. The van der Waals surface area contributed by atoms with Crippen LogP contribution < -0.4 is 15.8 Å². The SMILES string of the molecule is NC(=O)COc1cccc(CNc2cccc([N+](=O)[O-])c2)c1. The minimum absolute atomic E-state index is 0.0311. The predicted octanol–water partition coefficient (Wildman–Crippen LogP) is 2.07. The van der Waals surface area contributed by atoms with Gasteiger partial charge in [-0.25, -0.2) is 0 Å². The molecule has 7 heteroatoms. The molecule has 0 aromatic heterocycles. The van der Waals surface area contributed by atoms with Gasteiger partial charge in [-0.1, -0.05) is 18.2 Å². The van der Waals surface area contributed by atoms with Gasteiger partial charge in [0.15, 0.2) is 6.61 Å². The third-order valence-electron chi connectivity index (χ3n) is 2.83. The fourth-order valence-corrected chi connectivity index (χ4v) is 1.83. The lowest BCUT2D eigenvalue weighted by atomic mass is 10.2. The van der Waals surface area contributed by atoms with Gasteiger partial charge in [0.05, 0.1) is 4.92 Å². The lowest BCUT2D eigenvalue weighted by Crippen LogP contribution is -2.20. The summed E-state index contributed by atoms with van der Waals surface area (Å²) in [6, 6.07) is 13.4. The molecule has 0 atom stereocenters. The maximum Gasteiger partial charge on any atom is 0.271 e. The first-order valence-corrected chi connectivity index (χ1v) is 6.53. The van der Waals surface area contributed by atoms with Gasteiger partial charge in [-0.15, -0.1) is 0 Å². The molecule has 0 bridgehead atoms. The smallest absolute Gasteiger partial charge is 0.271 e. The summed E-state index contributed by atoms with van der Waals surface area (Å²) in [6.45, 7) is 0.288. The van der Waals surface area contributed by atoms with Gasteiger partial charge in [0, 0.05) is 24.4 Å². The first-order chi connectivity index (χ1) is 10.5. The first kappa shape index (κ1) is 15.3. The molecule has 0 aliphatic carbocycles. The van der Waals surface area contributed by atoms with Gasteiger partial charge in [-0.3, -0.25) is 14.9 Å². The molecule has 2 aromatic carbocycles. The third-order valence-corrected chi connectivity index (χ3v) is 2.83. The normalized spacial score (nSPS) is 10.0. The number of rotatable bonds is 7. The average molecular weight is 301 g/mol. The van der Waals surface area contributed by atoms with E-state index in [2.05, 4.69) is 5.32 Å². The number of carbonyl (C=O) groups is 1. The number of nitrogens with zero attached hydrogens (tertiary/aromatic N) is 1. The molecule has 0 unspecified atom stereocenters. The number of nitrogens with two attached hydrogens (primary N) is 1. The van der Waals surface area contributed by atoms with Crippen LogP contribution in [0.25, 0.3) is 0 Å². The molecule has 0 saturated heterocycles. The lowest BCUT2D eigenvalue weighted by Gasteiger charge is -2.09. The summed E-state index contributed by atoms with van der Waals surface area (Å²) in [5.74, 6) is -0.00253. The van der Waals surface area contributed by atoms with Gasteiger partial charge in [-0.05, 0) is 23.8 Å². The molecule has 0 aliphatic rings. The van der Waals surface area contributed by atoms with E-state index in [1.807, 2.05) is 6.07 Å². The Morgan fingerprint density at radius 1 is 1.23 bits per heavy atom. The van der Waals surface area contributed by atoms with Crippen LogP contribution in [0.1, 0.15) is 5.56 Å². The van der Waals surface area contributed by atoms with Gasteiger partial charge < -0.3 is 15.8 Å². The second kappa shape index (κ2) is 7.07. The third kappa shape index (κ3) is 4.48. The zero-order valence-corrected chi connectivity index (χ0v) is 11.7. The number of nitro benzene ring substituents is 1. The Balaban J connectivity index is 1.99. The summed E-state index contributed by atoms with van der Waals surface area (Å²) in [7, 11) is 0. The van der Waals surface area contributed by atoms with Crippen molar-refractivity contribution in [3.63, 3.8) is 0 Å². The highest BCUT2D eigenvalue weighted by molar-refractivity contribution is 5.75. The zero-order chi connectivity index (χ0) is 15.9. The summed E-state index contributed by atoms with van der Waals surface area (Å²) in [5.41, 5.74) is 6.61. The van der Waals surface area contributed by atoms with Crippen molar-refractivity contribution in [2.75, 3.05) is 11.9 Å². The highest BCUT2D eigenvalue weighted by Gasteiger charge is 2.05. The van der Waals surface area contributed by atoms with Crippen LogP contribution in [0.2, 0.25) is 0 Å². The second-order valence-electron chi connectivity index (χ2n) is 4.56. The van der Waals surface area contributed by atoms with E-state index >= 15 is 0 Å². The van der Waals surface area contributed by atoms with Gasteiger partial charge in [0.25, 0.3) is 11.6 Å². The maximum atomic E-state index is 10.7. The van der Waals surface area contributed by atoms with Crippen LogP contribution in [0.15, 0.2) is 48.5 Å². The van der Waals surface area contributed by atoms with E-state index in [4.69, 9.17) is 10.5 Å². The summed E-state index contributed by atoms with van der Waals surface area (Å²) in [6.07, 6.45) is 0. The molecule has 3 N–H and O–H groups in total. The van der Waals surface area contributed by atoms with Gasteiger partial charge in [0.1, 0.15) is 5.75 Å². The minimum atomic E-state index is -0.542. The molecule has 0 heterocycles. The van der Waals surface area contributed by atoms with Crippen molar-refractivity contribution in [1.29, 1.82) is 0 Å². The predicted molar refractivity (Wildman–Crippen MR) is 81.6 cm³/mol. The van der Waals surface area contributed by atoms with Crippen molar-refractivity contribution in [3.8, 4) is 5.75 Å². The monoisotopic (exact) mass is 301 g/mol. The Morgan fingerprint density at radius 3 is 2.73 bits per heavy atom. The van der Waals surface area contributed by atoms with Gasteiger partial charge >= 0.3 is 0 Å². The van der Waals surface area contributed by atoms with Crippen LogP contribution >= 0.6 is 0 Å². The largest absolute Gasteiger partial charge is 0.484 e. The molecule has 22 heavy (non-hydrogen) atoms. The van der Waals surface area contributed by atoms with Crippen molar-refractivity contribution >= 4 is 17.3 Å². The Bertz CT molecular complexity index is 688. The van der Waals surface area contributed by atoms with Crippen molar-refractivity contribution in [3.05, 3.63) is 64.2 Å². The number of amides is 1. The fraction of sp³-hybridized carbons (Fsp3) is 0.133. The number of benzene rings is 2. The van der Waals surface area contributed by atoms with E-state index < -0.39 is 10.8 Å². The van der Waals surface area contributed by atoms with Crippen LogP contribution in [0.4, 0.5) is 11.4 Å². The topological polar surface area (TPSA) is 107 Å². The number of nitrogens with one attached hydrogen (secondary N) is 1. The van der Waals surface area contributed by atoms with E-state index in [0.717, 1.165) is 5.56 Å². The standard InChI is InChI=1S/C15H15N3O4/c16-15(19)10-22-14-6-1-3-11(7-14)9-17-12-4-2-5-13(8-12)18(20)21/h1-8,17H,9-10H2,(H2,16,19). The number of anilines is 1. The van der Waals surface area contributed by atoms with Crippen molar-refractivity contribution in [2.45, 2.75) is 6.54 Å². The molecule has 1 amide bonds. The Hall–Kier alpha value is -3.09. The summed E-state index contributed by atoms with van der Waals surface area (Å²) in [4.78, 5) is 21.0. The number of ether oxygens (including phenoxy) is 1. The number of hydrogen-bond acceptors (Lipinski definition) is 5. The van der Waals surface area contributed by atoms with Crippen molar-refractivity contribution in [1.82, 2.24) is 0 Å². The summed E-state index contributed by atoms with van der Waals surface area (Å²) < 4.78 is 5.22. The molecule has 7 nitrogen and oxygen atoms in total. The van der Waals surface area contributed by atoms with E-state index in [0.29, 0.717) is 18.0 Å². The molecular weight excluding hydrogens is 286 g/mol. The van der Waals surface area contributed by atoms with E-state index in [-0.39, 0.29) is 12.3 Å². The number of carbonyl (C=O) groups excluding carboxylic acids is 1. The van der Waals surface area contributed by atoms with Crippen molar-refractivity contribution in [2.24, 2.45) is 5.73 Å². The van der Waals surface area contributed by atoms with Crippen LogP contribution in [-0.2, 0) is 11.3 Å². The van der Waals surface area contributed by atoms with Gasteiger partial charge in [0.2, 0.25) is 0 Å². The molecule has 0 radical (unpaired) electrons. The average Bonchev–Trinajstić information content (AvgIpc) is 2.51. The van der Waals surface area contributed by atoms with Crippen LogP contribution in [0.3, 0.4) is 0 Å². The highest BCUT2D eigenvalue weighted by Crippen LogP contribution is 2.19. The number of primary amides is 1. The molecular formula is C15H15N3O4. The molecule has 2 rings (SSSR count). The molecule has 0 spiro atoms. The van der Waals surface area contributed by atoms with E-state index in [9.17, 15) is 14.9 Å². The van der Waals surface area contributed by atoms with Crippen molar-refractivity contribution < 1.29 is 14.5 Å². The molecule has 0 saturated carbocycles. The molecule has 2 aromatic rings. The Kier molecular flexibility index (Phi) is 4.92. The second-order valence-corrected chi connectivity index (χ2v) is 4.56. The quantitative estimate of drug-likeness (QED) is 0.601. The van der Waals surface area contributed by atoms with E-state index in [1.165, 1.54) is 12.1 Å². The highest BCUT2D eigenvalue weighted by atomic mass is 16.6. The number of non-ortho nitro benzene ring substituents is 1. The lowest BCUT2D eigenvalue weighted by molar-refractivity contribution is -0.384. The maximum absolute atomic E-state index is 10.7. The molecule has 0 fully saturated rings. The van der Waals surface area contributed by atoms with Crippen LogP contribution in [0.5, 0.6) is 5.75 Å². The Labute approximate surface area is 126 Å². The van der Waals surface area contributed by atoms with Crippen LogP contribution in [0, 0.1) is 10.1 Å². The zero-order valence-electron chi connectivity index (χ0n) is 11.7. The first-order valence-electron chi connectivity index (χ1n) is 6.53. The number of hydrogen-bond donors (Lipinski definition) is 2. The summed E-state index contributed by atoms with van der Waals surface area (Å²) >= 11 is 0.